The number of amides is 1. The quantitative estimate of drug-likeness (QED) is 0.499. The van der Waals surface area contributed by atoms with Gasteiger partial charge in [0.05, 0.1) is 21.6 Å². The molecule has 2 rings (SSSR count). The number of methoxy groups -OCH3 is 1. The first kappa shape index (κ1) is 23.1. The van der Waals surface area contributed by atoms with E-state index in [4.69, 9.17) is 37.8 Å². The lowest BCUT2D eigenvalue weighted by Gasteiger charge is -2.14. The molecule has 0 aliphatic rings. The Bertz CT molecular complexity index is 949. The van der Waals surface area contributed by atoms with Gasteiger partial charge < -0.3 is 19.9 Å². The minimum Gasteiger partial charge on any atom is -0.493 e. The maximum atomic E-state index is 11.8. The zero-order valence-corrected chi connectivity index (χ0v) is 18.6. The van der Waals surface area contributed by atoms with Gasteiger partial charge in [-0.25, -0.2) is 0 Å². The van der Waals surface area contributed by atoms with Crippen molar-refractivity contribution < 1.29 is 24.2 Å². The second-order valence-corrected chi connectivity index (χ2v) is 7.64. The van der Waals surface area contributed by atoms with E-state index < -0.39 is 17.9 Å². The lowest BCUT2D eigenvalue weighted by molar-refractivity contribution is -0.140. The van der Waals surface area contributed by atoms with Crippen molar-refractivity contribution in [2.24, 2.45) is 0 Å². The van der Waals surface area contributed by atoms with Crippen molar-refractivity contribution in [3.63, 3.8) is 0 Å². The summed E-state index contributed by atoms with van der Waals surface area (Å²) in [5.41, 5.74) is 1.50. The molecule has 0 saturated heterocycles. The molecule has 1 amide bonds. The maximum Gasteiger partial charge on any atom is 0.325 e. The Morgan fingerprint density at radius 1 is 1.24 bits per heavy atom. The number of carbonyl (C=O) groups excluding carboxylic acids is 1. The average Bonchev–Trinajstić information content (AvgIpc) is 2.67. The Morgan fingerprint density at radius 3 is 2.59 bits per heavy atom. The van der Waals surface area contributed by atoms with Gasteiger partial charge in [0, 0.05) is 6.08 Å². The van der Waals surface area contributed by atoms with E-state index in [0.717, 1.165) is 5.56 Å². The van der Waals surface area contributed by atoms with Crippen LogP contribution in [0.2, 0.25) is 10.0 Å². The summed E-state index contributed by atoms with van der Waals surface area (Å²) in [6.45, 7) is 1.63. The molecule has 2 N–H and O–H groups in total. The van der Waals surface area contributed by atoms with Gasteiger partial charge in [-0.3, -0.25) is 9.59 Å². The Labute approximate surface area is 186 Å². The molecule has 29 heavy (non-hydrogen) atoms. The van der Waals surface area contributed by atoms with Crippen molar-refractivity contribution in [1.29, 1.82) is 0 Å². The lowest BCUT2D eigenvalue weighted by Crippen LogP contribution is -2.37. The highest BCUT2D eigenvalue weighted by molar-refractivity contribution is 9.10. The second kappa shape index (κ2) is 10.5. The van der Waals surface area contributed by atoms with Crippen LogP contribution in [0, 0.1) is 0 Å². The smallest absolute Gasteiger partial charge is 0.325 e. The summed E-state index contributed by atoms with van der Waals surface area (Å²) in [6, 6.07) is 7.68. The molecule has 9 heteroatoms. The Morgan fingerprint density at radius 2 is 1.97 bits per heavy atom. The van der Waals surface area contributed by atoms with Crippen LogP contribution in [-0.4, -0.2) is 30.1 Å². The van der Waals surface area contributed by atoms with Crippen molar-refractivity contribution in [3.05, 3.63) is 62.1 Å². The predicted molar refractivity (Wildman–Crippen MR) is 116 cm³/mol. The minimum atomic E-state index is -1.11. The number of nitrogens with one attached hydrogen (secondary N) is 1. The van der Waals surface area contributed by atoms with E-state index in [9.17, 15) is 9.59 Å². The zero-order valence-electron chi connectivity index (χ0n) is 15.5. The van der Waals surface area contributed by atoms with Crippen molar-refractivity contribution in [2.75, 3.05) is 7.11 Å². The van der Waals surface area contributed by atoms with Crippen LogP contribution in [0.15, 0.2) is 40.9 Å². The third kappa shape index (κ3) is 6.66. The number of halogens is 3. The Balaban J connectivity index is 2.13. The van der Waals surface area contributed by atoms with Gasteiger partial charge in [0.15, 0.2) is 11.5 Å². The van der Waals surface area contributed by atoms with Crippen molar-refractivity contribution in [2.45, 2.75) is 19.6 Å². The van der Waals surface area contributed by atoms with Crippen LogP contribution in [0.25, 0.3) is 6.08 Å². The van der Waals surface area contributed by atoms with E-state index >= 15 is 0 Å². The van der Waals surface area contributed by atoms with Crippen LogP contribution in [0.5, 0.6) is 11.5 Å². The summed E-state index contributed by atoms with van der Waals surface area (Å²) < 4.78 is 11.9. The first-order valence-electron chi connectivity index (χ1n) is 8.37. The second-order valence-electron chi connectivity index (χ2n) is 5.97. The summed E-state index contributed by atoms with van der Waals surface area (Å²) in [5.74, 6) is -0.687. The van der Waals surface area contributed by atoms with E-state index in [1.54, 1.807) is 30.3 Å². The van der Waals surface area contributed by atoms with Gasteiger partial charge in [-0.15, -0.1) is 0 Å². The van der Waals surface area contributed by atoms with E-state index in [1.165, 1.54) is 20.1 Å². The van der Waals surface area contributed by atoms with Gasteiger partial charge in [-0.2, -0.15) is 0 Å². The van der Waals surface area contributed by atoms with E-state index in [0.29, 0.717) is 31.6 Å². The molecule has 6 nitrogen and oxygen atoms in total. The summed E-state index contributed by atoms with van der Waals surface area (Å²) in [7, 11) is 1.50. The largest absolute Gasteiger partial charge is 0.493 e. The lowest BCUT2D eigenvalue weighted by atomic mass is 10.1. The van der Waals surface area contributed by atoms with Gasteiger partial charge in [0.1, 0.15) is 12.6 Å². The molecule has 0 bridgehead atoms. The molecule has 0 spiro atoms. The normalized spacial score (nSPS) is 11.9. The van der Waals surface area contributed by atoms with Crippen LogP contribution in [0.1, 0.15) is 18.1 Å². The van der Waals surface area contributed by atoms with Gasteiger partial charge >= 0.3 is 5.97 Å². The number of benzene rings is 2. The molecule has 2 aromatic carbocycles. The van der Waals surface area contributed by atoms with Crippen LogP contribution < -0.4 is 14.8 Å². The molecule has 154 valence electrons. The maximum absolute atomic E-state index is 11.8. The van der Waals surface area contributed by atoms with E-state index in [2.05, 4.69) is 21.2 Å². The SMILES string of the molecule is COc1cc(/C=C/C(=O)N[C@@H](C)C(=O)O)cc(Br)c1OCc1ccc(Cl)c(Cl)c1. The fourth-order valence-electron chi connectivity index (χ4n) is 2.26. The molecule has 0 fully saturated rings. The number of ether oxygens (including phenoxy) is 2. The molecular weight excluding hydrogens is 485 g/mol. The summed E-state index contributed by atoms with van der Waals surface area (Å²) >= 11 is 15.4. The number of carboxylic acids is 1. The Kier molecular flexibility index (Phi) is 8.37. The van der Waals surface area contributed by atoms with Gasteiger partial charge in [0.2, 0.25) is 5.91 Å². The van der Waals surface area contributed by atoms with Gasteiger partial charge in [-0.05, 0) is 64.3 Å². The molecule has 0 aromatic heterocycles. The van der Waals surface area contributed by atoms with E-state index in [1.807, 2.05) is 6.07 Å². The third-order valence-corrected chi connectivity index (χ3v) is 5.10. The van der Waals surface area contributed by atoms with Crippen LogP contribution in [0.4, 0.5) is 0 Å². The number of hydrogen-bond donors (Lipinski definition) is 2. The third-order valence-electron chi connectivity index (χ3n) is 3.78. The number of carboxylic acid groups (broad SMARTS) is 1. The highest BCUT2D eigenvalue weighted by Gasteiger charge is 2.14. The standard InChI is InChI=1S/C20H18BrCl2NO5/c1-11(20(26)27)24-18(25)6-4-12-7-14(21)19(17(9-12)28-2)29-10-13-3-5-15(22)16(23)8-13/h3-9,11H,10H2,1-2H3,(H,24,25)(H,26,27)/b6-4+/t11-/m0/s1. The van der Waals surface area contributed by atoms with Crippen molar-refractivity contribution >= 4 is 57.1 Å². The molecule has 0 saturated carbocycles. The molecular formula is C20H18BrCl2NO5. The van der Waals surface area contributed by atoms with Crippen molar-refractivity contribution in [1.82, 2.24) is 5.32 Å². The molecule has 0 radical (unpaired) electrons. The number of rotatable bonds is 8. The first-order chi connectivity index (χ1) is 13.7. The first-order valence-corrected chi connectivity index (χ1v) is 9.91. The summed E-state index contributed by atoms with van der Waals surface area (Å²) in [5, 5.41) is 12.1. The number of aliphatic carboxylic acids is 1. The molecule has 0 unspecified atom stereocenters. The van der Waals surface area contributed by atoms with Crippen LogP contribution >= 0.6 is 39.1 Å². The van der Waals surface area contributed by atoms with E-state index in [-0.39, 0.29) is 6.61 Å². The van der Waals surface area contributed by atoms with Gasteiger partial charge in [0.25, 0.3) is 0 Å². The van der Waals surface area contributed by atoms with Gasteiger partial charge in [-0.1, -0.05) is 29.3 Å². The monoisotopic (exact) mass is 501 g/mol. The van der Waals surface area contributed by atoms with Crippen LogP contribution in [0.3, 0.4) is 0 Å². The predicted octanol–water partition coefficient (Wildman–Crippen LogP) is 4.95. The average molecular weight is 503 g/mol. The molecule has 2 aromatic rings. The summed E-state index contributed by atoms with van der Waals surface area (Å²) in [4.78, 5) is 22.6. The highest BCUT2D eigenvalue weighted by Crippen LogP contribution is 2.37. The number of carbonyl (C=O) groups is 2. The minimum absolute atomic E-state index is 0.247. The van der Waals surface area contributed by atoms with Crippen molar-refractivity contribution in [3.8, 4) is 11.5 Å². The fourth-order valence-corrected chi connectivity index (χ4v) is 3.15. The molecule has 0 heterocycles. The molecule has 1 atom stereocenters. The summed E-state index contributed by atoms with van der Waals surface area (Å²) in [6.07, 6.45) is 2.79. The molecule has 0 aliphatic heterocycles. The Hall–Kier alpha value is -2.22. The van der Waals surface area contributed by atoms with Crippen LogP contribution in [-0.2, 0) is 16.2 Å². The molecule has 0 aliphatic carbocycles. The zero-order chi connectivity index (χ0) is 21.6. The highest BCUT2D eigenvalue weighted by atomic mass is 79.9. The topological polar surface area (TPSA) is 84.9 Å². The number of hydrogen-bond acceptors (Lipinski definition) is 4. The fraction of sp³-hybridized carbons (Fsp3) is 0.200.